The molecule has 1 aliphatic carbocycles. The number of benzene rings is 1. The van der Waals surface area contributed by atoms with Gasteiger partial charge in [0.15, 0.2) is 0 Å². The lowest BCUT2D eigenvalue weighted by atomic mass is 9.66. The molecule has 1 aromatic heterocycles. The van der Waals surface area contributed by atoms with Gasteiger partial charge in [0.05, 0.1) is 0 Å². The summed E-state index contributed by atoms with van der Waals surface area (Å²) in [7, 11) is 0. The third-order valence-corrected chi connectivity index (χ3v) is 4.77. The monoisotopic (exact) mass is 285 g/mol. The molecule has 1 amide bonds. The molecule has 0 radical (unpaired) electrons. The van der Waals surface area contributed by atoms with Crippen molar-refractivity contribution < 1.29 is 4.79 Å². The summed E-state index contributed by atoms with van der Waals surface area (Å²) in [5.74, 6) is 0.139. The maximum atomic E-state index is 12.0. The molecule has 3 rings (SSSR count). The van der Waals surface area contributed by atoms with Gasteiger partial charge in [0.2, 0.25) is 5.91 Å². The van der Waals surface area contributed by atoms with Crippen LogP contribution in [0.2, 0.25) is 0 Å². The van der Waals surface area contributed by atoms with Crippen LogP contribution in [-0.2, 0) is 11.2 Å². The van der Waals surface area contributed by atoms with Gasteiger partial charge >= 0.3 is 0 Å². The summed E-state index contributed by atoms with van der Waals surface area (Å²) in [5.41, 5.74) is 8.29. The van der Waals surface area contributed by atoms with Gasteiger partial charge in [-0.05, 0) is 42.9 Å². The van der Waals surface area contributed by atoms with E-state index < -0.39 is 0 Å². The van der Waals surface area contributed by atoms with E-state index in [1.807, 2.05) is 18.3 Å². The van der Waals surface area contributed by atoms with E-state index in [0.29, 0.717) is 19.5 Å². The first-order valence-electron chi connectivity index (χ1n) is 7.74. The minimum Gasteiger partial charge on any atom is -0.361 e. The van der Waals surface area contributed by atoms with Crippen molar-refractivity contribution in [2.75, 3.05) is 13.1 Å². The van der Waals surface area contributed by atoms with Crippen LogP contribution in [0, 0.1) is 5.41 Å². The molecule has 21 heavy (non-hydrogen) atoms. The third kappa shape index (κ3) is 2.95. The summed E-state index contributed by atoms with van der Waals surface area (Å²) in [4.78, 5) is 15.3. The van der Waals surface area contributed by atoms with Crippen LogP contribution < -0.4 is 11.1 Å². The van der Waals surface area contributed by atoms with Gasteiger partial charge in [0.25, 0.3) is 0 Å². The fourth-order valence-electron chi connectivity index (χ4n) is 3.21. The van der Waals surface area contributed by atoms with Crippen LogP contribution in [0.1, 0.15) is 31.2 Å². The maximum Gasteiger partial charge on any atom is 0.220 e. The zero-order valence-corrected chi connectivity index (χ0v) is 12.3. The summed E-state index contributed by atoms with van der Waals surface area (Å²) >= 11 is 0. The molecule has 2 aromatic rings. The number of carbonyl (C=O) groups is 1. The van der Waals surface area contributed by atoms with Crippen LogP contribution in [-0.4, -0.2) is 24.0 Å². The number of carbonyl (C=O) groups excluding carboxylic acids is 1. The fourth-order valence-corrected chi connectivity index (χ4v) is 3.21. The molecule has 112 valence electrons. The molecule has 0 atom stereocenters. The molecule has 4 nitrogen and oxygen atoms in total. The van der Waals surface area contributed by atoms with Gasteiger partial charge in [-0.2, -0.15) is 0 Å². The van der Waals surface area contributed by atoms with Gasteiger partial charge in [-0.1, -0.05) is 24.6 Å². The minimum absolute atomic E-state index is 0.0882. The van der Waals surface area contributed by atoms with E-state index in [1.165, 1.54) is 17.4 Å². The van der Waals surface area contributed by atoms with Crippen molar-refractivity contribution in [1.82, 2.24) is 10.3 Å². The van der Waals surface area contributed by atoms with E-state index in [9.17, 15) is 4.79 Å². The Balaban J connectivity index is 1.51. The Labute approximate surface area is 125 Å². The van der Waals surface area contributed by atoms with E-state index in [-0.39, 0.29) is 11.3 Å². The lowest BCUT2D eigenvalue weighted by Crippen LogP contribution is -2.42. The Hall–Kier alpha value is -1.81. The second-order valence-electron chi connectivity index (χ2n) is 6.19. The molecule has 0 spiro atoms. The van der Waals surface area contributed by atoms with Gasteiger partial charge in [-0.15, -0.1) is 0 Å². The number of rotatable bonds is 6. The number of aromatic nitrogens is 1. The van der Waals surface area contributed by atoms with Gasteiger partial charge < -0.3 is 16.0 Å². The van der Waals surface area contributed by atoms with Gasteiger partial charge in [0.1, 0.15) is 0 Å². The number of hydrogen-bond donors (Lipinski definition) is 3. The number of nitrogens with one attached hydrogen (secondary N) is 2. The number of aromatic amines is 1. The summed E-state index contributed by atoms with van der Waals surface area (Å²) in [6.07, 6.45) is 6.87. The number of hydrogen-bond acceptors (Lipinski definition) is 2. The predicted octanol–water partition coefficient (Wildman–Crippen LogP) is 2.35. The molecule has 0 aliphatic heterocycles. The average molecular weight is 285 g/mol. The number of nitrogens with two attached hydrogens (primary N) is 1. The van der Waals surface area contributed by atoms with Crippen molar-refractivity contribution in [3.05, 3.63) is 36.0 Å². The molecule has 1 saturated carbocycles. The first kappa shape index (κ1) is 14.1. The Morgan fingerprint density at radius 2 is 2.14 bits per heavy atom. The average Bonchev–Trinajstić information content (AvgIpc) is 2.86. The van der Waals surface area contributed by atoms with Crippen LogP contribution in [0.25, 0.3) is 10.9 Å². The lowest BCUT2D eigenvalue weighted by Gasteiger charge is -2.40. The number of fused-ring (bicyclic) bond motifs is 1. The highest BCUT2D eigenvalue weighted by Crippen LogP contribution is 2.42. The largest absolute Gasteiger partial charge is 0.361 e. The molecule has 0 bridgehead atoms. The Kier molecular flexibility index (Phi) is 3.97. The highest BCUT2D eigenvalue weighted by atomic mass is 16.1. The van der Waals surface area contributed by atoms with Gasteiger partial charge in [-0.3, -0.25) is 4.79 Å². The summed E-state index contributed by atoms with van der Waals surface area (Å²) in [5, 5.41) is 4.28. The van der Waals surface area contributed by atoms with Crippen molar-refractivity contribution in [2.45, 2.75) is 32.1 Å². The molecule has 4 N–H and O–H groups in total. The van der Waals surface area contributed by atoms with Crippen LogP contribution in [0.15, 0.2) is 30.5 Å². The van der Waals surface area contributed by atoms with Crippen molar-refractivity contribution in [3.8, 4) is 0 Å². The molecule has 1 aliphatic rings. The van der Waals surface area contributed by atoms with E-state index in [1.54, 1.807) is 0 Å². The molecule has 0 unspecified atom stereocenters. The normalized spacial score (nSPS) is 16.6. The SMILES string of the molecule is NCC1(CC(=O)NCCc2c[nH]c3ccccc23)CCC1. The summed E-state index contributed by atoms with van der Waals surface area (Å²) < 4.78 is 0. The zero-order valence-electron chi connectivity index (χ0n) is 12.3. The van der Waals surface area contributed by atoms with E-state index in [4.69, 9.17) is 5.73 Å². The fraction of sp³-hybridized carbons (Fsp3) is 0.471. The van der Waals surface area contributed by atoms with Crippen molar-refractivity contribution in [1.29, 1.82) is 0 Å². The Morgan fingerprint density at radius 1 is 1.33 bits per heavy atom. The molecule has 0 saturated heterocycles. The number of para-hydroxylation sites is 1. The first-order chi connectivity index (χ1) is 10.2. The van der Waals surface area contributed by atoms with E-state index in [2.05, 4.69) is 22.4 Å². The standard InChI is InChI=1S/C17H23N3O/c18-12-17(7-3-8-17)10-16(21)19-9-6-13-11-20-15-5-2-1-4-14(13)15/h1-2,4-5,11,20H,3,6-10,12,18H2,(H,19,21). The summed E-state index contributed by atoms with van der Waals surface area (Å²) in [6.45, 7) is 1.31. The second kappa shape index (κ2) is 5.90. The zero-order chi connectivity index (χ0) is 14.7. The van der Waals surface area contributed by atoms with Crippen LogP contribution in [0.4, 0.5) is 0 Å². The smallest absolute Gasteiger partial charge is 0.220 e. The van der Waals surface area contributed by atoms with Crippen molar-refractivity contribution in [2.24, 2.45) is 11.1 Å². The number of amides is 1. The molecule has 1 fully saturated rings. The Bertz CT molecular complexity index is 622. The highest BCUT2D eigenvalue weighted by molar-refractivity contribution is 5.83. The van der Waals surface area contributed by atoms with E-state index >= 15 is 0 Å². The molecule has 1 aromatic carbocycles. The van der Waals surface area contributed by atoms with Crippen molar-refractivity contribution in [3.63, 3.8) is 0 Å². The van der Waals surface area contributed by atoms with Gasteiger partial charge in [-0.25, -0.2) is 0 Å². The summed E-state index contributed by atoms with van der Waals surface area (Å²) in [6, 6.07) is 8.24. The van der Waals surface area contributed by atoms with Crippen LogP contribution in [0.5, 0.6) is 0 Å². The molecular weight excluding hydrogens is 262 g/mol. The molecule has 1 heterocycles. The quantitative estimate of drug-likeness (QED) is 0.762. The highest BCUT2D eigenvalue weighted by Gasteiger charge is 2.37. The number of H-pyrrole nitrogens is 1. The maximum absolute atomic E-state index is 12.0. The van der Waals surface area contributed by atoms with Crippen molar-refractivity contribution >= 4 is 16.8 Å². The Morgan fingerprint density at radius 3 is 2.86 bits per heavy atom. The first-order valence-corrected chi connectivity index (χ1v) is 7.74. The lowest BCUT2D eigenvalue weighted by molar-refractivity contribution is -0.124. The second-order valence-corrected chi connectivity index (χ2v) is 6.19. The molecule has 4 heteroatoms. The van der Waals surface area contributed by atoms with Gasteiger partial charge in [0, 0.05) is 30.1 Å². The minimum atomic E-state index is 0.0882. The molecular formula is C17H23N3O. The topological polar surface area (TPSA) is 70.9 Å². The third-order valence-electron chi connectivity index (χ3n) is 4.77. The predicted molar refractivity (Wildman–Crippen MR) is 85.0 cm³/mol. The van der Waals surface area contributed by atoms with E-state index in [0.717, 1.165) is 24.8 Å². The van der Waals surface area contributed by atoms with Crippen LogP contribution >= 0.6 is 0 Å². The van der Waals surface area contributed by atoms with Crippen LogP contribution in [0.3, 0.4) is 0 Å².